The average Bonchev–Trinajstić information content (AvgIpc) is 1.83. The van der Waals surface area contributed by atoms with Crippen LogP contribution in [0.3, 0.4) is 0 Å². The van der Waals surface area contributed by atoms with Crippen LogP contribution in [0, 0.1) is 5.41 Å². The van der Waals surface area contributed by atoms with Crippen LogP contribution in [-0.4, -0.2) is 19.0 Å². The SMILES string of the molecule is C/N=C(C)\C=C/C=N. The predicted octanol–water partition coefficient (Wildman–Crippen LogP) is 1.28. The summed E-state index contributed by atoms with van der Waals surface area (Å²) in [5.74, 6) is 0. The minimum atomic E-state index is 0.938. The van der Waals surface area contributed by atoms with Gasteiger partial charge in [0, 0.05) is 19.0 Å². The van der Waals surface area contributed by atoms with Crippen molar-refractivity contribution in [1.82, 2.24) is 0 Å². The van der Waals surface area contributed by atoms with Gasteiger partial charge in [-0.15, -0.1) is 0 Å². The van der Waals surface area contributed by atoms with Crippen molar-refractivity contribution in [2.45, 2.75) is 6.92 Å². The van der Waals surface area contributed by atoms with E-state index in [0.29, 0.717) is 0 Å². The molecule has 44 valence electrons. The lowest BCUT2D eigenvalue weighted by Gasteiger charge is -1.81. The van der Waals surface area contributed by atoms with Crippen LogP contribution < -0.4 is 0 Å². The summed E-state index contributed by atoms with van der Waals surface area (Å²) in [6.07, 6.45) is 4.66. The highest BCUT2D eigenvalue weighted by molar-refractivity contribution is 5.95. The number of nitrogens with one attached hydrogen (secondary N) is 1. The topological polar surface area (TPSA) is 36.2 Å². The molecular weight excluding hydrogens is 100 g/mol. The fraction of sp³-hybridized carbons (Fsp3) is 0.333. The lowest BCUT2D eigenvalue weighted by atomic mass is 10.4. The molecule has 2 nitrogen and oxygen atoms in total. The van der Waals surface area contributed by atoms with E-state index in [1.807, 2.05) is 6.92 Å². The number of rotatable bonds is 2. The molecule has 1 N–H and O–H groups in total. The molecule has 0 amide bonds. The van der Waals surface area contributed by atoms with Crippen LogP contribution in [0.4, 0.5) is 0 Å². The van der Waals surface area contributed by atoms with Gasteiger partial charge in [-0.05, 0) is 19.1 Å². The molecule has 0 heterocycles. The van der Waals surface area contributed by atoms with Crippen LogP contribution in [0.5, 0.6) is 0 Å². The van der Waals surface area contributed by atoms with E-state index in [-0.39, 0.29) is 0 Å². The summed E-state index contributed by atoms with van der Waals surface area (Å²) in [7, 11) is 1.73. The molecule has 0 saturated carbocycles. The first-order chi connectivity index (χ1) is 3.81. The molecule has 0 atom stereocenters. The highest BCUT2D eigenvalue weighted by Crippen LogP contribution is 1.75. The maximum atomic E-state index is 6.60. The monoisotopic (exact) mass is 110 g/mol. The fourth-order valence-electron chi connectivity index (χ4n) is 0.262. The quantitative estimate of drug-likeness (QED) is 0.520. The Morgan fingerprint density at radius 2 is 2.25 bits per heavy atom. The van der Waals surface area contributed by atoms with E-state index in [1.54, 1.807) is 19.2 Å². The van der Waals surface area contributed by atoms with Crippen molar-refractivity contribution >= 4 is 11.9 Å². The Morgan fingerprint density at radius 3 is 2.62 bits per heavy atom. The van der Waals surface area contributed by atoms with Gasteiger partial charge in [0.05, 0.1) is 0 Å². The van der Waals surface area contributed by atoms with E-state index < -0.39 is 0 Å². The summed E-state index contributed by atoms with van der Waals surface area (Å²) in [6.45, 7) is 1.89. The molecule has 2 heteroatoms. The third kappa shape index (κ3) is 3.28. The lowest BCUT2D eigenvalue weighted by molar-refractivity contribution is 1.43. The van der Waals surface area contributed by atoms with E-state index in [1.165, 1.54) is 6.21 Å². The van der Waals surface area contributed by atoms with Crippen molar-refractivity contribution in [2.24, 2.45) is 4.99 Å². The van der Waals surface area contributed by atoms with Crippen LogP contribution in [0.15, 0.2) is 17.1 Å². The van der Waals surface area contributed by atoms with Gasteiger partial charge in [0.2, 0.25) is 0 Å². The predicted molar refractivity (Wildman–Crippen MR) is 37.0 cm³/mol. The second-order valence-corrected chi connectivity index (χ2v) is 1.39. The second kappa shape index (κ2) is 4.24. The zero-order valence-electron chi connectivity index (χ0n) is 5.18. The Hall–Kier alpha value is -0.920. The van der Waals surface area contributed by atoms with E-state index in [9.17, 15) is 0 Å². The molecule has 0 radical (unpaired) electrons. The van der Waals surface area contributed by atoms with Gasteiger partial charge in [-0.3, -0.25) is 4.99 Å². The van der Waals surface area contributed by atoms with Gasteiger partial charge in [0.25, 0.3) is 0 Å². The molecule has 0 bridgehead atoms. The molecule has 8 heavy (non-hydrogen) atoms. The van der Waals surface area contributed by atoms with Crippen molar-refractivity contribution in [3.8, 4) is 0 Å². The van der Waals surface area contributed by atoms with Crippen molar-refractivity contribution in [3.05, 3.63) is 12.2 Å². The first-order valence-corrected chi connectivity index (χ1v) is 2.41. The van der Waals surface area contributed by atoms with Crippen LogP contribution in [0.2, 0.25) is 0 Å². The van der Waals surface area contributed by atoms with E-state index >= 15 is 0 Å². The molecule has 0 aromatic heterocycles. The smallest absolute Gasteiger partial charge is 0.0314 e. The summed E-state index contributed by atoms with van der Waals surface area (Å²) >= 11 is 0. The molecule has 0 saturated heterocycles. The fourth-order valence-corrected chi connectivity index (χ4v) is 0.262. The Morgan fingerprint density at radius 1 is 1.62 bits per heavy atom. The molecular formula is C6H10N2. The van der Waals surface area contributed by atoms with E-state index in [0.717, 1.165) is 5.71 Å². The van der Waals surface area contributed by atoms with E-state index in [2.05, 4.69) is 4.99 Å². The molecule has 0 aliphatic carbocycles. The molecule has 0 fully saturated rings. The van der Waals surface area contributed by atoms with Gasteiger partial charge in [0.1, 0.15) is 0 Å². The maximum absolute atomic E-state index is 6.60. The van der Waals surface area contributed by atoms with Crippen molar-refractivity contribution in [1.29, 1.82) is 5.41 Å². The third-order valence-corrected chi connectivity index (χ3v) is 0.786. The largest absolute Gasteiger partial charge is 0.309 e. The van der Waals surface area contributed by atoms with Gasteiger partial charge >= 0.3 is 0 Å². The summed E-state index contributed by atoms with van der Waals surface area (Å²) in [6, 6.07) is 0. The molecule has 0 rings (SSSR count). The molecule has 0 spiro atoms. The normalized spacial score (nSPS) is 12.5. The standard InChI is InChI=1S/C6H10N2/c1-6(8-2)4-3-5-7/h3-5,7H,1-2H3/b4-3-,7-5?,8-6-. The minimum absolute atomic E-state index is 0.938. The first-order valence-electron chi connectivity index (χ1n) is 2.41. The van der Waals surface area contributed by atoms with Gasteiger partial charge in [-0.2, -0.15) is 0 Å². The molecule has 0 aromatic rings. The van der Waals surface area contributed by atoms with Crippen LogP contribution in [0.1, 0.15) is 6.92 Å². The number of hydrogen-bond acceptors (Lipinski definition) is 2. The van der Waals surface area contributed by atoms with Crippen LogP contribution in [0.25, 0.3) is 0 Å². The van der Waals surface area contributed by atoms with Gasteiger partial charge in [0.15, 0.2) is 0 Å². The summed E-state index contributed by atoms with van der Waals surface area (Å²) < 4.78 is 0. The van der Waals surface area contributed by atoms with Gasteiger partial charge in [-0.1, -0.05) is 0 Å². The Bertz CT molecular complexity index is 122. The average molecular weight is 110 g/mol. The lowest BCUT2D eigenvalue weighted by Crippen LogP contribution is -1.81. The van der Waals surface area contributed by atoms with E-state index in [4.69, 9.17) is 5.41 Å². The summed E-state index contributed by atoms with van der Waals surface area (Å²) in [5.41, 5.74) is 0.938. The maximum Gasteiger partial charge on any atom is 0.0314 e. The number of allylic oxidation sites excluding steroid dienone is 2. The zero-order valence-corrected chi connectivity index (χ0v) is 5.18. The minimum Gasteiger partial charge on any atom is -0.309 e. The summed E-state index contributed by atoms with van der Waals surface area (Å²) in [5, 5.41) is 6.60. The van der Waals surface area contributed by atoms with Crippen LogP contribution in [-0.2, 0) is 0 Å². The number of nitrogens with zero attached hydrogens (tertiary/aromatic N) is 1. The van der Waals surface area contributed by atoms with Crippen LogP contribution >= 0.6 is 0 Å². The second-order valence-electron chi connectivity index (χ2n) is 1.39. The molecule has 0 aliphatic rings. The highest BCUT2D eigenvalue weighted by atomic mass is 14.7. The zero-order chi connectivity index (χ0) is 6.41. The number of aliphatic imine (C=N–C) groups is 1. The van der Waals surface area contributed by atoms with Crippen molar-refractivity contribution in [3.63, 3.8) is 0 Å². The van der Waals surface area contributed by atoms with Crippen molar-refractivity contribution < 1.29 is 0 Å². The highest BCUT2D eigenvalue weighted by Gasteiger charge is 1.73. The molecule has 0 aromatic carbocycles. The molecule has 0 aliphatic heterocycles. The van der Waals surface area contributed by atoms with Gasteiger partial charge < -0.3 is 5.41 Å². The third-order valence-electron chi connectivity index (χ3n) is 0.786. The number of hydrogen-bond donors (Lipinski definition) is 1. The first kappa shape index (κ1) is 7.08. The molecule has 0 unspecified atom stereocenters. The summed E-state index contributed by atoms with van der Waals surface area (Å²) in [4.78, 5) is 3.85. The Kier molecular flexibility index (Phi) is 3.76. The van der Waals surface area contributed by atoms with Gasteiger partial charge in [-0.25, -0.2) is 0 Å². The Labute approximate surface area is 49.5 Å². The Balaban J connectivity index is 3.69. The van der Waals surface area contributed by atoms with Crippen molar-refractivity contribution in [2.75, 3.05) is 7.05 Å².